The fourth-order valence-electron chi connectivity index (χ4n) is 3.73. The number of aliphatic hydroxyl groups excluding tert-OH is 1. The van der Waals surface area contributed by atoms with Crippen LogP contribution in [0.4, 0.5) is 0 Å². The van der Waals surface area contributed by atoms with Gasteiger partial charge in [-0.25, -0.2) is 0 Å². The molecular weight excluding hydrogens is 302 g/mol. The van der Waals surface area contributed by atoms with Gasteiger partial charge in [0.2, 0.25) is 0 Å². The largest absolute Gasteiger partial charge is 0.391 e. The molecule has 2 fully saturated rings. The molecule has 0 amide bonds. The van der Waals surface area contributed by atoms with Crippen molar-refractivity contribution in [1.82, 2.24) is 0 Å². The van der Waals surface area contributed by atoms with E-state index < -0.39 is 27.0 Å². The van der Waals surface area contributed by atoms with E-state index in [4.69, 9.17) is 19.1 Å². The van der Waals surface area contributed by atoms with Crippen molar-refractivity contribution in [3.8, 4) is 0 Å². The lowest BCUT2D eigenvalue weighted by atomic mass is 10.00. The highest BCUT2D eigenvalue weighted by atomic mass is 28.4. The van der Waals surface area contributed by atoms with Gasteiger partial charge < -0.3 is 18.7 Å². The highest BCUT2D eigenvalue weighted by Crippen LogP contribution is 2.55. The van der Waals surface area contributed by atoms with E-state index in [1.165, 1.54) is 0 Å². The zero-order valence-electron chi connectivity index (χ0n) is 14.2. The Kier molecular flexibility index (Phi) is 4.65. The van der Waals surface area contributed by atoms with E-state index in [1.807, 2.05) is 0 Å². The van der Waals surface area contributed by atoms with Gasteiger partial charge in [0.1, 0.15) is 6.10 Å². The summed E-state index contributed by atoms with van der Waals surface area (Å²) in [6.45, 7) is 13.1. The molecule has 7 nitrogen and oxygen atoms in total. The van der Waals surface area contributed by atoms with Gasteiger partial charge in [0.05, 0.1) is 18.8 Å². The second-order valence-corrected chi connectivity index (χ2v) is 12.9. The normalized spacial score (nSPS) is 35.4. The Morgan fingerprint density at radius 1 is 1.18 bits per heavy atom. The number of nitrogens with zero attached hydrogens (tertiary/aromatic N) is 3. The molecule has 0 aromatic rings. The molecule has 2 aliphatic heterocycles. The Bertz CT molecular complexity index is 454. The number of rotatable bonds is 1. The van der Waals surface area contributed by atoms with Crippen LogP contribution < -0.4 is 0 Å². The third-order valence-electron chi connectivity index (χ3n) is 4.45. The average molecular weight is 329 g/mol. The van der Waals surface area contributed by atoms with Crippen LogP contribution in [0.1, 0.15) is 48.0 Å². The summed E-state index contributed by atoms with van der Waals surface area (Å²) in [6.07, 6.45) is -1.45. The van der Waals surface area contributed by atoms with Crippen LogP contribution in [0.25, 0.3) is 10.4 Å². The zero-order valence-corrected chi connectivity index (χ0v) is 15.2. The van der Waals surface area contributed by atoms with Crippen LogP contribution in [0, 0.1) is 0 Å². The molecule has 2 saturated heterocycles. The van der Waals surface area contributed by atoms with E-state index in [9.17, 15) is 5.11 Å². The van der Waals surface area contributed by atoms with Gasteiger partial charge in [-0.2, -0.15) is 0 Å². The first-order chi connectivity index (χ1) is 10.0. The monoisotopic (exact) mass is 329 g/mol. The summed E-state index contributed by atoms with van der Waals surface area (Å²) < 4.78 is 18.4. The molecule has 0 radical (unpaired) electrons. The van der Waals surface area contributed by atoms with Gasteiger partial charge in [0.15, 0.2) is 6.29 Å². The van der Waals surface area contributed by atoms with Gasteiger partial charge in [-0.1, -0.05) is 46.7 Å². The summed E-state index contributed by atoms with van der Waals surface area (Å²) in [5, 5.41) is 13.3. The zero-order chi connectivity index (χ0) is 16.8. The van der Waals surface area contributed by atoms with Crippen LogP contribution in [0.15, 0.2) is 5.11 Å². The lowest BCUT2D eigenvalue weighted by Gasteiger charge is -2.56. The summed E-state index contributed by atoms with van der Waals surface area (Å²) in [5.74, 6) is 0. The lowest BCUT2D eigenvalue weighted by molar-refractivity contribution is -0.228. The van der Waals surface area contributed by atoms with Gasteiger partial charge in [-0.15, -0.1) is 0 Å². The molecule has 22 heavy (non-hydrogen) atoms. The molecule has 0 spiro atoms. The van der Waals surface area contributed by atoms with Gasteiger partial charge in [-0.3, -0.25) is 0 Å². The highest BCUT2D eigenvalue weighted by Gasteiger charge is 2.63. The third-order valence-corrected chi connectivity index (χ3v) is 9.58. The maximum atomic E-state index is 9.79. The van der Waals surface area contributed by atoms with Gasteiger partial charge in [-0.05, 0) is 5.53 Å². The molecule has 0 aromatic heterocycles. The van der Waals surface area contributed by atoms with E-state index in [2.05, 4.69) is 51.6 Å². The van der Waals surface area contributed by atoms with Crippen LogP contribution in [0.2, 0.25) is 10.1 Å². The first-order valence-electron chi connectivity index (χ1n) is 7.71. The standard InChI is InChI=1S/C14H27N3O4Si/c1-13(2,3)22(14(4,5)6)19-8-10-12(21-22)9(16-17-15)7-11(18)20-10/h9-12,18H,7-8H2,1-6H3/t9?,10-,11?,12+/m1/s1. The molecule has 0 aliphatic carbocycles. The van der Waals surface area contributed by atoms with Crippen molar-refractivity contribution in [2.45, 2.75) is 82.6 Å². The van der Waals surface area contributed by atoms with Gasteiger partial charge in [0.25, 0.3) is 0 Å². The molecule has 0 saturated carbocycles. The van der Waals surface area contributed by atoms with Crippen LogP contribution in [0.5, 0.6) is 0 Å². The van der Waals surface area contributed by atoms with Crippen LogP contribution in [-0.4, -0.2) is 44.8 Å². The second kappa shape index (κ2) is 5.78. The lowest BCUT2D eigenvalue weighted by Crippen LogP contribution is -2.68. The quantitative estimate of drug-likeness (QED) is 0.346. The van der Waals surface area contributed by atoms with E-state index in [-0.39, 0.29) is 22.6 Å². The highest BCUT2D eigenvalue weighted by molar-refractivity contribution is 6.73. The van der Waals surface area contributed by atoms with Crippen molar-refractivity contribution < 1.29 is 18.7 Å². The number of hydrogen-bond donors (Lipinski definition) is 1. The fourth-order valence-corrected chi connectivity index (χ4v) is 8.71. The van der Waals surface area contributed by atoms with E-state index >= 15 is 0 Å². The van der Waals surface area contributed by atoms with Crippen LogP contribution in [-0.2, 0) is 13.6 Å². The third kappa shape index (κ3) is 2.91. The minimum absolute atomic E-state index is 0.146. The summed E-state index contributed by atoms with van der Waals surface area (Å²) in [7, 11) is -2.63. The van der Waals surface area contributed by atoms with Crippen LogP contribution >= 0.6 is 0 Å². The van der Waals surface area contributed by atoms with E-state index in [0.717, 1.165) is 0 Å². The maximum absolute atomic E-state index is 9.79. The summed E-state index contributed by atoms with van der Waals surface area (Å²) in [4.78, 5) is 2.91. The van der Waals surface area contributed by atoms with Crippen molar-refractivity contribution >= 4 is 8.56 Å². The molecular formula is C14H27N3O4Si. The molecule has 2 unspecified atom stereocenters. The Morgan fingerprint density at radius 2 is 1.77 bits per heavy atom. The van der Waals surface area contributed by atoms with Crippen LogP contribution in [0.3, 0.4) is 0 Å². The topological polar surface area (TPSA) is 96.7 Å². The second-order valence-electron chi connectivity index (χ2n) is 8.15. The number of azide groups is 1. The molecule has 0 aromatic carbocycles. The molecule has 2 heterocycles. The number of ether oxygens (including phenoxy) is 1. The Morgan fingerprint density at radius 3 is 2.27 bits per heavy atom. The smallest absolute Gasteiger partial charge is 0.349 e. The molecule has 4 atom stereocenters. The van der Waals surface area contributed by atoms with Gasteiger partial charge >= 0.3 is 8.56 Å². The Hall–Kier alpha value is -0.633. The van der Waals surface area contributed by atoms with E-state index in [1.54, 1.807) is 0 Å². The van der Waals surface area contributed by atoms with Crippen molar-refractivity contribution in [1.29, 1.82) is 0 Å². The summed E-state index contributed by atoms with van der Waals surface area (Å²) in [5.41, 5.74) is 8.81. The minimum Gasteiger partial charge on any atom is -0.391 e. The van der Waals surface area contributed by atoms with Crippen molar-refractivity contribution in [2.24, 2.45) is 5.11 Å². The Balaban J connectivity index is 2.38. The number of fused-ring (bicyclic) bond motifs is 1. The summed E-state index contributed by atoms with van der Waals surface area (Å²) >= 11 is 0. The molecule has 2 aliphatic rings. The SMILES string of the molecule is CC(C)(C)[Si]1(C(C)(C)C)OC[C@H]2OC(O)CC(N=[N+]=[N-])[C@@H]2O1. The first-order valence-corrected chi connectivity index (χ1v) is 9.53. The first kappa shape index (κ1) is 17.7. The average Bonchev–Trinajstić information content (AvgIpc) is 2.35. The maximum Gasteiger partial charge on any atom is 0.349 e. The molecule has 126 valence electrons. The molecule has 8 heteroatoms. The molecule has 0 bridgehead atoms. The molecule has 2 rings (SSSR count). The fraction of sp³-hybridized carbons (Fsp3) is 1.00. The predicted molar refractivity (Wildman–Crippen MR) is 84.4 cm³/mol. The van der Waals surface area contributed by atoms with E-state index in [0.29, 0.717) is 6.61 Å². The number of hydrogen-bond acceptors (Lipinski definition) is 5. The molecule has 1 N–H and O–H groups in total. The van der Waals surface area contributed by atoms with Crippen molar-refractivity contribution in [2.75, 3.05) is 6.61 Å². The van der Waals surface area contributed by atoms with Crippen molar-refractivity contribution in [3.05, 3.63) is 10.4 Å². The van der Waals surface area contributed by atoms with Gasteiger partial charge in [0, 0.05) is 21.4 Å². The summed E-state index contributed by atoms with van der Waals surface area (Å²) in [6, 6.07) is -0.431. The van der Waals surface area contributed by atoms with Crippen molar-refractivity contribution in [3.63, 3.8) is 0 Å². The number of aliphatic hydroxyl groups is 1. The predicted octanol–water partition coefficient (Wildman–Crippen LogP) is 3.23. The Labute approximate surface area is 132 Å². The minimum atomic E-state index is -2.63.